The fraction of sp³-hybridized carbons (Fsp3) is 0.462. The zero-order valence-electron chi connectivity index (χ0n) is 26.9. The highest BCUT2D eigenvalue weighted by Crippen LogP contribution is 2.29. The second kappa shape index (κ2) is 16.6. The van der Waals surface area contributed by atoms with Crippen LogP contribution in [0.25, 0.3) is 17.1 Å². The number of aryl methyl sites for hydroxylation is 1. The SMILES string of the molecule is C(=C/c1ccccc1)/CN1CCC(CCCn2c(COc3ccccc3)nc3c(OCCCN4CCCCC4)cccc32)CC1. The lowest BCUT2D eigenvalue weighted by atomic mass is 9.92. The van der Waals surface area contributed by atoms with Crippen molar-refractivity contribution in [1.29, 1.82) is 0 Å². The van der Waals surface area contributed by atoms with Gasteiger partial charge in [0.25, 0.3) is 0 Å². The number of aromatic nitrogens is 2. The first-order valence-corrected chi connectivity index (χ1v) is 17.3. The summed E-state index contributed by atoms with van der Waals surface area (Å²) in [4.78, 5) is 10.3. The molecule has 6 rings (SSSR count). The normalized spacial score (nSPS) is 16.9. The lowest BCUT2D eigenvalue weighted by Gasteiger charge is -2.31. The van der Waals surface area contributed by atoms with Crippen LogP contribution >= 0.6 is 0 Å². The van der Waals surface area contributed by atoms with Crippen molar-refractivity contribution in [3.63, 3.8) is 0 Å². The summed E-state index contributed by atoms with van der Waals surface area (Å²) in [5.41, 5.74) is 3.38. The third-order valence-corrected chi connectivity index (χ3v) is 9.43. The van der Waals surface area contributed by atoms with E-state index in [4.69, 9.17) is 14.5 Å². The third kappa shape index (κ3) is 9.21. The van der Waals surface area contributed by atoms with Crippen LogP contribution in [0, 0.1) is 5.92 Å². The molecule has 0 N–H and O–H groups in total. The van der Waals surface area contributed by atoms with E-state index in [1.54, 1.807) is 0 Å². The van der Waals surface area contributed by atoms with Crippen LogP contribution in [0.2, 0.25) is 0 Å². The van der Waals surface area contributed by atoms with Crippen molar-refractivity contribution in [3.05, 3.63) is 96.3 Å². The molecule has 0 aliphatic carbocycles. The van der Waals surface area contributed by atoms with Crippen molar-refractivity contribution in [1.82, 2.24) is 19.4 Å². The monoisotopic (exact) mass is 606 g/mol. The summed E-state index contributed by atoms with van der Waals surface area (Å²) >= 11 is 0. The predicted octanol–water partition coefficient (Wildman–Crippen LogP) is 8.08. The van der Waals surface area contributed by atoms with Crippen molar-refractivity contribution in [2.75, 3.05) is 45.9 Å². The molecule has 6 heteroatoms. The Labute approximate surface area is 269 Å². The maximum absolute atomic E-state index is 6.35. The largest absolute Gasteiger partial charge is 0.491 e. The van der Waals surface area contributed by atoms with E-state index in [2.05, 4.69) is 75.0 Å². The molecule has 1 aromatic heterocycles. The Morgan fingerprint density at radius 3 is 2.31 bits per heavy atom. The van der Waals surface area contributed by atoms with Gasteiger partial charge in [0, 0.05) is 19.6 Å². The van der Waals surface area contributed by atoms with Crippen molar-refractivity contribution >= 4 is 17.1 Å². The number of hydrogen-bond donors (Lipinski definition) is 0. The number of hydrogen-bond acceptors (Lipinski definition) is 5. The quantitative estimate of drug-likeness (QED) is 0.128. The second-order valence-electron chi connectivity index (χ2n) is 12.7. The zero-order valence-corrected chi connectivity index (χ0v) is 26.9. The van der Waals surface area contributed by atoms with E-state index in [-0.39, 0.29) is 0 Å². The molecule has 2 saturated heterocycles. The highest BCUT2D eigenvalue weighted by Gasteiger charge is 2.20. The van der Waals surface area contributed by atoms with E-state index in [0.29, 0.717) is 6.61 Å². The van der Waals surface area contributed by atoms with Crippen molar-refractivity contribution in [2.45, 2.75) is 64.5 Å². The lowest BCUT2D eigenvalue weighted by molar-refractivity contribution is 0.192. The molecule has 45 heavy (non-hydrogen) atoms. The number of benzene rings is 3. The Morgan fingerprint density at radius 2 is 1.51 bits per heavy atom. The van der Waals surface area contributed by atoms with Gasteiger partial charge in [-0.25, -0.2) is 4.98 Å². The topological polar surface area (TPSA) is 42.8 Å². The molecule has 2 fully saturated rings. The molecule has 0 spiro atoms. The maximum atomic E-state index is 6.35. The summed E-state index contributed by atoms with van der Waals surface area (Å²) in [6, 6.07) is 27.0. The van der Waals surface area contributed by atoms with Crippen LogP contribution in [-0.4, -0.2) is 65.2 Å². The summed E-state index contributed by atoms with van der Waals surface area (Å²) in [6.45, 7) is 9.11. The molecule has 3 heterocycles. The Morgan fingerprint density at radius 1 is 0.733 bits per heavy atom. The van der Waals surface area contributed by atoms with Crippen molar-refractivity contribution in [2.24, 2.45) is 5.92 Å². The Kier molecular flexibility index (Phi) is 11.6. The van der Waals surface area contributed by atoms with Gasteiger partial charge in [-0.15, -0.1) is 0 Å². The van der Waals surface area contributed by atoms with E-state index in [1.165, 1.54) is 70.3 Å². The molecule has 6 nitrogen and oxygen atoms in total. The van der Waals surface area contributed by atoms with E-state index in [0.717, 1.165) is 73.4 Å². The molecule has 0 atom stereocenters. The minimum absolute atomic E-state index is 0.446. The van der Waals surface area contributed by atoms with Crippen LogP contribution in [0.1, 0.15) is 62.8 Å². The first-order valence-electron chi connectivity index (χ1n) is 17.3. The van der Waals surface area contributed by atoms with E-state index in [9.17, 15) is 0 Å². The highest BCUT2D eigenvalue weighted by molar-refractivity contribution is 5.82. The van der Waals surface area contributed by atoms with E-state index < -0.39 is 0 Å². The molecule has 0 amide bonds. The number of imidazole rings is 1. The number of para-hydroxylation sites is 2. The number of fused-ring (bicyclic) bond motifs is 1. The average Bonchev–Trinajstić information content (AvgIpc) is 3.46. The average molecular weight is 607 g/mol. The Hall–Kier alpha value is -3.61. The zero-order chi connectivity index (χ0) is 30.5. The highest BCUT2D eigenvalue weighted by atomic mass is 16.5. The Balaban J connectivity index is 1.04. The van der Waals surface area contributed by atoms with Crippen molar-refractivity contribution in [3.8, 4) is 11.5 Å². The minimum Gasteiger partial charge on any atom is -0.491 e. The van der Waals surface area contributed by atoms with E-state index >= 15 is 0 Å². The predicted molar refractivity (Wildman–Crippen MR) is 185 cm³/mol. The first kappa shape index (κ1) is 31.4. The van der Waals surface area contributed by atoms with Gasteiger partial charge in [0.2, 0.25) is 0 Å². The van der Waals surface area contributed by atoms with Crippen molar-refractivity contribution < 1.29 is 9.47 Å². The maximum Gasteiger partial charge on any atom is 0.148 e. The molecular formula is C39H50N4O2. The summed E-state index contributed by atoms with van der Waals surface area (Å²) in [5, 5.41) is 0. The molecule has 4 aromatic rings. The number of piperidine rings is 2. The number of ether oxygens (including phenoxy) is 2. The summed E-state index contributed by atoms with van der Waals surface area (Å²) in [6.07, 6.45) is 14.6. The van der Waals surface area contributed by atoms with Crippen LogP contribution in [-0.2, 0) is 13.2 Å². The first-order chi connectivity index (χ1) is 22.3. The standard InChI is InChI=1S/C39H50N4O2/c1-4-14-33(15-5-1)16-11-26-42-29-22-34(23-30-42)17-12-28-43-36-20-10-21-37(44-31-13-27-41-24-8-3-9-25-41)39(36)40-38(43)32-45-35-18-6-2-7-19-35/h1-2,4-7,10-11,14-16,18-21,34H,3,8-9,12-13,17,22-32H2/b16-11-. The molecule has 0 radical (unpaired) electrons. The van der Waals surface area contributed by atoms with Gasteiger partial charge in [-0.2, -0.15) is 0 Å². The molecule has 238 valence electrons. The van der Waals surface area contributed by atoms with Gasteiger partial charge in [-0.1, -0.05) is 73.2 Å². The van der Waals surface area contributed by atoms with E-state index in [1.807, 2.05) is 30.3 Å². The summed E-state index contributed by atoms with van der Waals surface area (Å²) in [5.74, 6) is 3.52. The van der Waals surface area contributed by atoms with Crippen LogP contribution in [0.5, 0.6) is 11.5 Å². The van der Waals surface area contributed by atoms with Gasteiger partial charge in [-0.05, 0) is 107 Å². The molecule has 0 unspecified atom stereocenters. The molecule has 2 aliphatic rings. The van der Waals surface area contributed by atoms with Crippen LogP contribution in [0.3, 0.4) is 0 Å². The third-order valence-electron chi connectivity index (χ3n) is 9.43. The molecular weight excluding hydrogens is 556 g/mol. The lowest BCUT2D eigenvalue weighted by Crippen LogP contribution is -2.33. The smallest absolute Gasteiger partial charge is 0.148 e. The summed E-state index contributed by atoms with van der Waals surface area (Å²) in [7, 11) is 0. The van der Waals surface area contributed by atoms with Gasteiger partial charge in [0.1, 0.15) is 29.4 Å². The fourth-order valence-electron chi connectivity index (χ4n) is 6.86. The molecule has 3 aromatic carbocycles. The van der Waals surface area contributed by atoms with Gasteiger partial charge >= 0.3 is 0 Å². The molecule has 2 aliphatic heterocycles. The van der Waals surface area contributed by atoms with Gasteiger partial charge < -0.3 is 18.9 Å². The number of likely N-dealkylation sites (tertiary alicyclic amines) is 2. The van der Waals surface area contributed by atoms with Gasteiger partial charge in [-0.3, -0.25) is 4.90 Å². The Bertz CT molecular complexity index is 1450. The second-order valence-corrected chi connectivity index (χ2v) is 12.7. The molecule has 0 bridgehead atoms. The number of rotatable bonds is 15. The van der Waals surface area contributed by atoms with Gasteiger partial charge in [0.05, 0.1) is 12.1 Å². The fourth-order valence-corrected chi connectivity index (χ4v) is 6.86. The molecule has 0 saturated carbocycles. The van der Waals surface area contributed by atoms with Gasteiger partial charge in [0.15, 0.2) is 0 Å². The summed E-state index contributed by atoms with van der Waals surface area (Å²) < 4.78 is 14.9. The van der Waals surface area contributed by atoms with Crippen LogP contribution in [0.4, 0.5) is 0 Å². The number of nitrogens with zero attached hydrogens (tertiary/aromatic N) is 4. The van der Waals surface area contributed by atoms with Crippen LogP contribution in [0.15, 0.2) is 84.9 Å². The van der Waals surface area contributed by atoms with Crippen LogP contribution < -0.4 is 9.47 Å². The minimum atomic E-state index is 0.446.